The van der Waals surface area contributed by atoms with Crippen molar-refractivity contribution >= 4 is 23.0 Å². The van der Waals surface area contributed by atoms with E-state index < -0.39 is 169 Å². The highest BCUT2D eigenvalue weighted by atomic mass is 16.7. The van der Waals surface area contributed by atoms with Crippen molar-refractivity contribution in [2.75, 3.05) is 34.0 Å². The van der Waals surface area contributed by atoms with Gasteiger partial charge in [-0.05, 0) is 42.0 Å². The van der Waals surface area contributed by atoms with Gasteiger partial charge in [0.05, 0.1) is 27.4 Å². The maximum atomic E-state index is 14.2. The predicted molar refractivity (Wildman–Crippen MR) is 229 cm³/mol. The number of phenols is 3. The van der Waals surface area contributed by atoms with Crippen LogP contribution in [0, 0.1) is 0 Å². The molecule has 1 aromatic heterocycles. The molecule has 3 aromatic carbocycles. The van der Waals surface area contributed by atoms with Gasteiger partial charge in [0.15, 0.2) is 28.8 Å². The Hall–Kier alpha value is -6.08. The number of esters is 1. The van der Waals surface area contributed by atoms with E-state index in [1.807, 2.05) is 0 Å². The van der Waals surface area contributed by atoms with E-state index >= 15 is 0 Å². The first-order valence-electron chi connectivity index (χ1n) is 21.1. The number of hydrogen-bond acceptors (Lipinski definition) is 26. The van der Waals surface area contributed by atoms with Crippen molar-refractivity contribution in [3.63, 3.8) is 0 Å². The van der Waals surface area contributed by atoms with Gasteiger partial charge in [-0.15, -0.1) is 0 Å². The molecule has 70 heavy (non-hydrogen) atoms. The van der Waals surface area contributed by atoms with E-state index in [-0.39, 0.29) is 22.8 Å². The van der Waals surface area contributed by atoms with Crippen LogP contribution >= 0.6 is 0 Å². The van der Waals surface area contributed by atoms with Crippen LogP contribution in [0.25, 0.3) is 28.4 Å². The van der Waals surface area contributed by atoms with Gasteiger partial charge in [0.25, 0.3) is 0 Å². The van der Waals surface area contributed by atoms with Gasteiger partial charge < -0.3 is 119 Å². The summed E-state index contributed by atoms with van der Waals surface area (Å²) in [5.41, 5.74) is -1.56. The fourth-order valence-corrected chi connectivity index (χ4v) is 7.64. The summed E-state index contributed by atoms with van der Waals surface area (Å²) < 4.78 is 55.8. The van der Waals surface area contributed by atoms with Crippen LogP contribution in [0.3, 0.4) is 0 Å². The second-order valence-corrected chi connectivity index (χ2v) is 16.1. The van der Waals surface area contributed by atoms with Gasteiger partial charge in [-0.2, -0.15) is 0 Å². The summed E-state index contributed by atoms with van der Waals surface area (Å²) in [7, 11) is 2.59. The zero-order chi connectivity index (χ0) is 50.9. The molecule has 0 unspecified atom stereocenters. The maximum Gasteiger partial charge on any atom is 0.330 e. The fraction of sp³-hybridized carbons (Fsp3) is 0.455. The minimum atomic E-state index is -2.11. The minimum Gasteiger partial charge on any atom is -0.508 e. The van der Waals surface area contributed by atoms with Crippen molar-refractivity contribution in [3.8, 4) is 57.3 Å². The zero-order valence-corrected chi connectivity index (χ0v) is 36.6. The summed E-state index contributed by atoms with van der Waals surface area (Å²) in [5, 5.41) is 147. The first-order valence-corrected chi connectivity index (χ1v) is 21.1. The molecule has 7 rings (SSSR count). The number of carbonyl (C=O) groups is 1. The Morgan fingerprint density at radius 3 is 1.67 bits per heavy atom. The summed E-state index contributed by atoms with van der Waals surface area (Å²) in [4.78, 5) is 27.0. The summed E-state index contributed by atoms with van der Waals surface area (Å²) in [6.45, 7) is -2.53. The molecule has 0 radical (unpaired) electrons. The minimum absolute atomic E-state index is 0.0289. The smallest absolute Gasteiger partial charge is 0.330 e. The monoisotopic (exact) mass is 994 g/mol. The van der Waals surface area contributed by atoms with Gasteiger partial charge in [-0.25, -0.2) is 4.79 Å². The number of carbonyl (C=O) groups excluding carboxylic acids is 1. The number of fused-ring (bicyclic) bond motifs is 1. The second kappa shape index (κ2) is 21.5. The molecule has 0 spiro atoms. The zero-order valence-electron chi connectivity index (χ0n) is 36.6. The molecule has 3 fully saturated rings. The number of aliphatic hydroxyl groups is 11. The standard InChI is InChI=1S/C44H50O26/c1-61-22-7-15(8-23(62-2)29(22)50)3-6-27(49)63-14-26-32(53)36(57)38(59)43(69-26)66-20-9-16(4-5-19(20)65-42-37(58)34(55)30(51)24(12-45)67-42)40-41(33(54)28-18(48)10-17(47)11-21(28)64-40)70-44-39(60)35(56)31(52)25(13-46)68-44/h3-11,24-26,30-32,34-39,42-48,50-53,55-60H,12-14H2,1-2H3/t24-,25-,26-,30-,31-,32-,34+,35+,36+,37-,38-,39-,42-,43-,44+/m1/s1. The van der Waals surface area contributed by atoms with Crippen LogP contribution in [-0.2, 0) is 23.7 Å². The van der Waals surface area contributed by atoms with Crippen LogP contribution in [0.2, 0.25) is 0 Å². The van der Waals surface area contributed by atoms with Gasteiger partial charge >= 0.3 is 5.97 Å². The first-order chi connectivity index (χ1) is 33.3. The average Bonchev–Trinajstić information content (AvgIpc) is 3.34. The van der Waals surface area contributed by atoms with E-state index in [1.54, 1.807) is 0 Å². The van der Waals surface area contributed by atoms with E-state index in [0.29, 0.717) is 5.56 Å². The third kappa shape index (κ3) is 10.4. The van der Waals surface area contributed by atoms with E-state index in [9.17, 15) is 81.1 Å². The highest BCUT2D eigenvalue weighted by Gasteiger charge is 2.48. The molecule has 4 aromatic rings. The van der Waals surface area contributed by atoms with Crippen LogP contribution in [0.15, 0.2) is 57.8 Å². The lowest BCUT2D eigenvalue weighted by Gasteiger charge is -2.41. The molecule has 0 aliphatic carbocycles. The molecule has 0 saturated carbocycles. The van der Waals surface area contributed by atoms with Crippen molar-refractivity contribution in [3.05, 3.63) is 64.3 Å². The van der Waals surface area contributed by atoms with Crippen molar-refractivity contribution in [1.82, 2.24) is 0 Å². The van der Waals surface area contributed by atoms with Crippen LogP contribution in [0.1, 0.15) is 5.56 Å². The van der Waals surface area contributed by atoms with Gasteiger partial charge in [0, 0.05) is 23.8 Å². The van der Waals surface area contributed by atoms with Crippen molar-refractivity contribution < 1.29 is 123 Å². The molecule has 4 heterocycles. The number of rotatable bonds is 15. The highest BCUT2D eigenvalue weighted by Crippen LogP contribution is 2.42. The lowest BCUT2D eigenvalue weighted by atomic mass is 9.99. The Morgan fingerprint density at radius 1 is 0.614 bits per heavy atom. The Morgan fingerprint density at radius 2 is 1.13 bits per heavy atom. The van der Waals surface area contributed by atoms with Crippen LogP contribution in [-0.4, -0.2) is 204 Å². The molecule has 0 bridgehead atoms. The van der Waals surface area contributed by atoms with Gasteiger partial charge in [-0.1, -0.05) is 0 Å². The number of hydrogen-bond donors (Lipinski definition) is 14. The molecule has 3 saturated heterocycles. The number of aromatic hydroxyl groups is 3. The Kier molecular flexibility index (Phi) is 15.9. The lowest BCUT2D eigenvalue weighted by Crippen LogP contribution is -2.60. The first kappa shape index (κ1) is 51.8. The summed E-state index contributed by atoms with van der Waals surface area (Å²) in [6, 6.07) is 7.73. The van der Waals surface area contributed by atoms with Gasteiger partial charge in [0.1, 0.15) is 102 Å². The Balaban J connectivity index is 1.25. The largest absolute Gasteiger partial charge is 0.508 e. The van der Waals surface area contributed by atoms with Crippen molar-refractivity contribution in [2.45, 2.75) is 92.1 Å². The van der Waals surface area contributed by atoms with Crippen molar-refractivity contribution in [2.24, 2.45) is 0 Å². The normalized spacial score (nSPS) is 31.3. The summed E-state index contributed by atoms with van der Waals surface area (Å²) in [5.74, 6) is -5.11. The number of benzene rings is 3. The average molecular weight is 995 g/mol. The number of aliphatic hydroxyl groups excluding tert-OH is 11. The van der Waals surface area contributed by atoms with E-state index in [4.69, 9.17) is 47.0 Å². The highest BCUT2D eigenvalue weighted by molar-refractivity contribution is 5.89. The Bertz CT molecular complexity index is 2550. The third-order valence-electron chi connectivity index (χ3n) is 11.5. The molecule has 382 valence electrons. The van der Waals surface area contributed by atoms with Crippen molar-refractivity contribution in [1.29, 1.82) is 0 Å². The molecule has 14 N–H and O–H groups in total. The topological polar surface area (TPSA) is 414 Å². The third-order valence-corrected chi connectivity index (χ3v) is 11.5. The van der Waals surface area contributed by atoms with Gasteiger partial charge in [-0.3, -0.25) is 4.79 Å². The molecule has 3 aliphatic rings. The number of ether oxygens (including phenoxy) is 9. The molecule has 26 nitrogen and oxygen atoms in total. The quantitative estimate of drug-likeness (QED) is 0.0404. The summed E-state index contributed by atoms with van der Waals surface area (Å²) in [6.07, 6.45) is -26.1. The summed E-state index contributed by atoms with van der Waals surface area (Å²) >= 11 is 0. The SMILES string of the molecule is COc1cc(C=CC(=O)OC[C@H]2O[C@@H](Oc3cc(-c4oc5cc(O)cc(O)c5c(=O)c4O[C@@H]4O[C@H](CO)[C@@H](O)[C@H](O)[C@H]4O)ccc3O[C@@H]3O[C@H](CO)[C@@H](O)[C@H](O)[C@H]3O)[C@H](O)[C@@H](O)[C@@H]2O)cc(OC)c1O. The maximum absolute atomic E-state index is 14.2. The lowest BCUT2D eigenvalue weighted by molar-refractivity contribution is -0.282. The predicted octanol–water partition coefficient (Wildman–Crippen LogP) is -3.61. The van der Waals surface area contributed by atoms with Crippen LogP contribution in [0.5, 0.6) is 46.0 Å². The Labute approximate surface area is 393 Å². The number of phenolic OH excluding ortho intramolecular Hbond substituents is 3. The number of methoxy groups -OCH3 is 2. The fourth-order valence-electron chi connectivity index (χ4n) is 7.64. The molecular formula is C44H50O26. The van der Waals surface area contributed by atoms with Crippen LogP contribution < -0.4 is 29.1 Å². The molecule has 15 atom stereocenters. The molecule has 0 amide bonds. The molecule has 26 heteroatoms. The van der Waals surface area contributed by atoms with E-state index in [0.717, 1.165) is 36.4 Å². The molecule has 3 aliphatic heterocycles. The van der Waals surface area contributed by atoms with Gasteiger partial charge in [0.2, 0.25) is 35.8 Å². The van der Waals surface area contributed by atoms with E-state index in [2.05, 4.69) is 0 Å². The molecular weight excluding hydrogens is 944 g/mol. The van der Waals surface area contributed by atoms with Crippen LogP contribution in [0.4, 0.5) is 0 Å². The second-order valence-electron chi connectivity index (χ2n) is 16.1. The van der Waals surface area contributed by atoms with E-state index in [1.165, 1.54) is 32.4 Å².